The Kier molecular flexibility index (Phi) is 7.60. The number of nitrogens with zero attached hydrogens (tertiary/aromatic N) is 1. The highest BCUT2D eigenvalue weighted by Gasteiger charge is 2.20. The summed E-state index contributed by atoms with van der Waals surface area (Å²) in [5.41, 5.74) is 1.31. The van der Waals surface area contributed by atoms with E-state index in [1.165, 1.54) is 25.1 Å². The van der Waals surface area contributed by atoms with Crippen LogP contribution in [0.2, 0.25) is 0 Å². The van der Waals surface area contributed by atoms with Gasteiger partial charge in [-0.2, -0.15) is 0 Å². The van der Waals surface area contributed by atoms with Crippen LogP contribution < -0.4 is 5.32 Å². The van der Waals surface area contributed by atoms with E-state index in [1.54, 1.807) is 0 Å². The third kappa shape index (κ3) is 7.17. The van der Waals surface area contributed by atoms with Gasteiger partial charge in [0, 0.05) is 26.1 Å². The summed E-state index contributed by atoms with van der Waals surface area (Å²) in [6.07, 6.45) is 4.96. The Morgan fingerprint density at radius 1 is 1.13 bits per heavy atom. The fourth-order valence-electron chi connectivity index (χ4n) is 3.69. The van der Waals surface area contributed by atoms with Crippen LogP contribution in [0.1, 0.15) is 45.1 Å². The van der Waals surface area contributed by atoms with Crippen molar-refractivity contribution in [3.8, 4) is 0 Å². The number of benzene rings is 1. The molecule has 1 aliphatic rings. The number of rotatable bonds is 8. The van der Waals surface area contributed by atoms with Gasteiger partial charge in [0.2, 0.25) is 5.91 Å². The molecule has 0 bridgehead atoms. The monoisotopic (exact) mass is 316 g/mol. The third-order valence-electron chi connectivity index (χ3n) is 4.63. The molecule has 1 heterocycles. The molecule has 1 saturated heterocycles. The van der Waals surface area contributed by atoms with Crippen molar-refractivity contribution in [1.29, 1.82) is 0 Å². The predicted octanol–water partition coefficient (Wildman–Crippen LogP) is 3.49. The van der Waals surface area contributed by atoms with E-state index in [2.05, 4.69) is 48.3 Å². The first kappa shape index (κ1) is 18.0. The zero-order valence-corrected chi connectivity index (χ0v) is 14.8. The number of likely N-dealkylation sites (tertiary alicyclic amines) is 1. The van der Waals surface area contributed by atoms with E-state index in [1.807, 2.05) is 6.07 Å². The predicted molar refractivity (Wildman–Crippen MR) is 96.4 cm³/mol. The van der Waals surface area contributed by atoms with Gasteiger partial charge in [-0.15, -0.1) is 0 Å². The molecule has 3 heteroatoms. The summed E-state index contributed by atoms with van der Waals surface area (Å²) in [4.78, 5) is 14.4. The summed E-state index contributed by atoms with van der Waals surface area (Å²) in [6.45, 7) is 9.04. The maximum absolute atomic E-state index is 11.9. The highest BCUT2D eigenvalue weighted by molar-refractivity contribution is 5.75. The Bertz CT molecular complexity index is 450. The maximum Gasteiger partial charge on any atom is 0.220 e. The minimum atomic E-state index is 0.196. The number of amides is 1. The van der Waals surface area contributed by atoms with Crippen molar-refractivity contribution in [3.63, 3.8) is 0 Å². The first-order valence-corrected chi connectivity index (χ1v) is 9.16. The van der Waals surface area contributed by atoms with E-state index < -0.39 is 0 Å². The molecule has 0 spiro atoms. The number of hydrogen-bond donors (Lipinski definition) is 1. The van der Waals surface area contributed by atoms with E-state index in [9.17, 15) is 4.79 Å². The minimum absolute atomic E-state index is 0.196. The van der Waals surface area contributed by atoms with Gasteiger partial charge in [0.25, 0.3) is 0 Å². The first-order chi connectivity index (χ1) is 11.1. The fourth-order valence-corrected chi connectivity index (χ4v) is 3.69. The van der Waals surface area contributed by atoms with Gasteiger partial charge in [-0.25, -0.2) is 0 Å². The number of nitrogens with one attached hydrogen (secondary N) is 1. The third-order valence-corrected chi connectivity index (χ3v) is 4.63. The van der Waals surface area contributed by atoms with Crippen LogP contribution in [0.25, 0.3) is 0 Å². The SMILES string of the molecule is C[C@H]1C[C@H](C)CN(CCCNC(=O)CCCc2ccccc2)C1. The van der Waals surface area contributed by atoms with Crippen LogP contribution in [-0.4, -0.2) is 37.0 Å². The van der Waals surface area contributed by atoms with Gasteiger partial charge >= 0.3 is 0 Å². The summed E-state index contributed by atoms with van der Waals surface area (Å²) < 4.78 is 0. The molecule has 128 valence electrons. The summed E-state index contributed by atoms with van der Waals surface area (Å²) in [5.74, 6) is 1.82. The lowest BCUT2D eigenvalue weighted by molar-refractivity contribution is -0.121. The van der Waals surface area contributed by atoms with Gasteiger partial charge in [-0.05, 0) is 49.6 Å². The average Bonchev–Trinajstić information content (AvgIpc) is 2.52. The lowest BCUT2D eigenvalue weighted by Crippen LogP contribution is -2.40. The van der Waals surface area contributed by atoms with Crippen LogP contribution >= 0.6 is 0 Å². The van der Waals surface area contributed by atoms with Crippen molar-refractivity contribution in [1.82, 2.24) is 10.2 Å². The molecular weight excluding hydrogens is 284 g/mol. The lowest BCUT2D eigenvalue weighted by atomic mass is 9.92. The molecule has 0 aromatic heterocycles. The summed E-state index contributed by atoms with van der Waals surface area (Å²) in [5, 5.41) is 3.07. The number of carbonyl (C=O) groups is 1. The summed E-state index contributed by atoms with van der Waals surface area (Å²) >= 11 is 0. The van der Waals surface area contributed by atoms with Crippen LogP contribution in [0, 0.1) is 11.8 Å². The minimum Gasteiger partial charge on any atom is -0.356 e. The lowest BCUT2D eigenvalue weighted by Gasteiger charge is -2.34. The molecule has 1 aromatic carbocycles. The smallest absolute Gasteiger partial charge is 0.220 e. The maximum atomic E-state index is 11.9. The normalized spacial score (nSPS) is 22.0. The van der Waals surface area contributed by atoms with Crippen LogP contribution in [0.4, 0.5) is 0 Å². The van der Waals surface area contributed by atoms with E-state index >= 15 is 0 Å². The second kappa shape index (κ2) is 9.71. The van der Waals surface area contributed by atoms with Crippen molar-refractivity contribution >= 4 is 5.91 Å². The second-order valence-corrected chi connectivity index (χ2v) is 7.25. The molecule has 2 rings (SSSR count). The van der Waals surface area contributed by atoms with Crippen LogP contribution in [0.15, 0.2) is 30.3 Å². The van der Waals surface area contributed by atoms with Gasteiger partial charge in [0.15, 0.2) is 0 Å². The molecule has 1 aromatic rings. The van der Waals surface area contributed by atoms with Gasteiger partial charge in [0.05, 0.1) is 0 Å². The molecule has 0 aliphatic carbocycles. The highest BCUT2D eigenvalue weighted by atomic mass is 16.1. The zero-order chi connectivity index (χ0) is 16.5. The average molecular weight is 316 g/mol. The molecule has 1 amide bonds. The molecule has 0 unspecified atom stereocenters. The Balaban J connectivity index is 1.51. The molecule has 3 nitrogen and oxygen atoms in total. The standard InChI is InChI=1S/C20H32N2O/c1-17-14-18(2)16-22(15-17)13-7-12-21-20(23)11-6-10-19-8-4-3-5-9-19/h3-5,8-9,17-18H,6-7,10-16H2,1-2H3,(H,21,23)/t17-,18-/m0/s1. The Morgan fingerprint density at radius 3 is 2.52 bits per heavy atom. The fraction of sp³-hybridized carbons (Fsp3) is 0.650. The Hall–Kier alpha value is -1.35. The topological polar surface area (TPSA) is 32.3 Å². The van der Waals surface area contributed by atoms with E-state index in [4.69, 9.17) is 0 Å². The molecule has 0 radical (unpaired) electrons. The van der Waals surface area contributed by atoms with Crippen LogP contribution in [-0.2, 0) is 11.2 Å². The van der Waals surface area contributed by atoms with E-state index in [0.717, 1.165) is 44.2 Å². The molecule has 2 atom stereocenters. The molecule has 0 saturated carbocycles. The molecule has 1 aliphatic heterocycles. The first-order valence-electron chi connectivity index (χ1n) is 9.16. The van der Waals surface area contributed by atoms with Crippen molar-refractivity contribution in [2.45, 2.75) is 46.0 Å². The van der Waals surface area contributed by atoms with Crippen molar-refractivity contribution < 1.29 is 4.79 Å². The second-order valence-electron chi connectivity index (χ2n) is 7.25. The summed E-state index contributed by atoms with van der Waals surface area (Å²) in [6, 6.07) is 10.4. The summed E-state index contributed by atoms with van der Waals surface area (Å²) in [7, 11) is 0. The number of piperidine rings is 1. The Morgan fingerprint density at radius 2 is 1.83 bits per heavy atom. The number of carbonyl (C=O) groups excluding carboxylic acids is 1. The van der Waals surface area contributed by atoms with E-state index in [-0.39, 0.29) is 5.91 Å². The van der Waals surface area contributed by atoms with Gasteiger partial charge in [0.1, 0.15) is 0 Å². The van der Waals surface area contributed by atoms with Crippen LogP contribution in [0.3, 0.4) is 0 Å². The van der Waals surface area contributed by atoms with E-state index in [0.29, 0.717) is 6.42 Å². The largest absolute Gasteiger partial charge is 0.356 e. The van der Waals surface area contributed by atoms with Crippen molar-refractivity contribution in [2.75, 3.05) is 26.2 Å². The quantitative estimate of drug-likeness (QED) is 0.745. The van der Waals surface area contributed by atoms with Gasteiger partial charge in [-0.3, -0.25) is 4.79 Å². The molecule has 1 fully saturated rings. The van der Waals surface area contributed by atoms with Crippen LogP contribution in [0.5, 0.6) is 0 Å². The van der Waals surface area contributed by atoms with Crippen molar-refractivity contribution in [3.05, 3.63) is 35.9 Å². The highest BCUT2D eigenvalue weighted by Crippen LogP contribution is 2.20. The number of hydrogen-bond acceptors (Lipinski definition) is 2. The molecule has 1 N–H and O–H groups in total. The Labute approximate surface area is 141 Å². The van der Waals surface area contributed by atoms with Crippen molar-refractivity contribution in [2.24, 2.45) is 11.8 Å². The molecular formula is C20H32N2O. The van der Waals surface area contributed by atoms with Gasteiger partial charge < -0.3 is 10.2 Å². The van der Waals surface area contributed by atoms with Gasteiger partial charge in [-0.1, -0.05) is 44.2 Å². The molecule has 23 heavy (non-hydrogen) atoms. The zero-order valence-electron chi connectivity index (χ0n) is 14.8. The number of aryl methyl sites for hydroxylation is 1.